The number of nitrogen functional groups attached to an aromatic ring is 1. The largest absolute Gasteiger partial charge is 0.296 e. The van der Waals surface area contributed by atoms with E-state index in [1.807, 2.05) is 25.2 Å². The van der Waals surface area contributed by atoms with E-state index < -0.39 is 0 Å². The van der Waals surface area contributed by atoms with E-state index in [9.17, 15) is 4.79 Å². The van der Waals surface area contributed by atoms with Crippen molar-refractivity contribution in [1.29, 1.82) is 0 Å². The predicted octanol–water partition coefficient (Wildman–Crippen LogP) is 2.70. The SMILES string of the molecule is CN(Cc1ccc(Cl)s1)Cc1ccc(C(=O)NN)s1. The van der Waals surface area contributed by atoms with Crippen molar-refractivity contribution in [2.75, 3.05) is 7.05 Å². The van der Waals surface area contributed by atoms with Crippen LogP contribution in [-0.2, 0) is 13.1 Å². The van der Waals surface area contributed by atoms with Crippen molar-refractivity contribution in [2.24, 2.45) is 5.84 Å². The fraction of sp³-hybridized carbons (Fsp3) is 0.250. The van der Waals surface area contributed by atoms with Crippen LogP contribution in [0.15, 0.2) is 24.3 Å². The van der Waals surface area contributed by atoms with Crippen LogP contribution in [0, 0.1) is 0 Å². The first-order valence-corrected chi connectivity index (χ1v) is 7.62. The molecule has 2 rings (SSSR count). The van der Waals surface area contributed by atoms with Gasteiger partial charge in [-0.2, -0.15) is 0 Å². The second-order valence-corrected chi connectivity index (χ2v) is 7.09. The van der Waals surface area contributed by atoms with E-state index in [1.54, 1.807) is 17.4 Å². The Labute approximate surface area is 124 Å². The van der Waals surface area contributed by atoms with Crippen LogP contribution in [-0.4, -0.2) is 17.9 Å². The Morgan fingerprint density at radius 2 is 1.89 bits per heavy atom. The number of halogens is 1. The Bertz CT molecular complexity index is 567. The van der Waals surface area contributed by atoms with Gasteiger partial charge in [-0.25, -0.2) is 5.84 Å². The molecule has 2 heterocycles. The third-order valence-corrected chi connectivity index (χ3v) is 4.78. The molecule has 0 aliphatic heterocycles. The van der Waals surface area contributed by atoms with Gasteiger partial charge >= 0.3 is 0 Å². The highest BCUT2D eigenvalue weighted by molar-refractivity contribution is 7.16. The summed E-state index contributed by atoms with van der Waals surface area (Å²) < 4.78 is 0.807. The molecule has 4 nitrogen and oxygen atoms in total. The molecule has 0 unspecified atom stereocenters. The summed E-state index contributed by atoms with van der Waals surface area (Å²) in [5, 5.41) is 0. The van der Waals surface area contributed by atoms with Crippen LogP contribution in [0.3, 0.4) is 0 Å². The highest BCUT2D eigenvalue weighted by Gasteiger charge is 2.10. The van der Waals surface area contributed by atoms with Gasteiger partial charge in [-0.1, -0.05) is 11.6 Å². The van der Waals surface area contributed by atoms with E-state index in [0.717, 1.165) is 22.3 Å². The summed E-state index contributed by atoms with van der Waals surface area (Å²) >= 11 is 8.94. The minimum Gasteiger partial charge on any atom is -0.296 e. The second kappa shape index (κ2) is 6.49. The van der Waals surface area contributed by atoms with Gasteiger partial charge < -0.3 is 0 Å². The molecule has 0 fully saturated rings. The van der Waals surface area contributed by atoms with Crippen LogP contribution in [0.2, 0.25) is 4.34 Å². The molecular weight excluding hydrogens is 302 g/mol. The molecule has 3 N–H and O–H groups in total. The maximum Gasteiger partial charge on any atom is 0.275 e. The molecule has 2 aromatic heterocycles. The lowest BCUT2D eigenvalue weighted by atomic mass is 10.3. The van der Waals surface area contributed by atoms with Gasteiger partial charge in [0.15, 0.2) is 0 Å². The Morgan fingerprint density at radius 3 is 2.47 bits per heavy atom. The van der Waals surface area contributed by atoms with E-state index in [2.05, 4.69) is 10.3 Å². The van der Waals surface area contributed by atoms with Crippen LogP contribution in [0.5, 0.6) is 0 Å². The number of nitrogens with two attached hydrogens (primary N) is 1. The molecule has 2 aromatic rings. The monoisotopic (exact) mass is 315 g/mol. The van der Waals surface area contributed by atoms with Crippen molar-refractivity contribution in [1.82, 2.24) is 10.3 Å². The quantitative estimate of drug-likeness (QED) is 0.507. The Hall–Kier alpha value is -0.920. The molecule has 0 bridgehead atoms. The third kappa shape index (κ3) is 4.02. The molecule has 0 aromatic carbocycles. The van der Waals surface area contributed by atoms with E-state index in [1.165, 1.54) is 16.2 Å². The lowest BCUT2D eigenvalue weighted by Crippen LogP contribution is -2.29. The summed E-state index contributed by atoms with van der Waals surface area (Å²) in [6, 6.07) is 7.68. The van der Waals surface area contributed by atoms with E-state index in [0.29, 0.717) is 4.88 Å². The highest BCUT2D eigenvalue weighted by atomic mass is 35.5. The third-order valence-electron chi connectivity index (χ3n) is 2.50. The van der Waals surface area contributed by atoms with Crippen molar-refractivity contribution in [3.8, 4) is 0 Å². The first-order valence-electron chi connectivity index (χ1n) is 5.61. The van der Waals surface area contributed by atoms with Crippen LogP contribution < -0.4 is 11.3 Å². The summed E-state index contributed by atoms with van der Waals surface area (Å²) in [6.07, 6.45) is 0. The zero-order valence-electron chi connectivity index (χ0n) is 10.4. The molecule has 0 aliphatic carbocycles. The zero-order chi connectivity index (χ0) is 13.8. The van der Waals surface area contributed by atoms with Crippen LogP contribution in [0.25, 0.3) is 0 Å². The van der Waals surface area contributed by atoms with Crippen molar-refractivity contribution in [3.05, 3.63) is 43.2 Å². The van der Waals surface area contributed by atoms with Gasteiger partial charge in [0.25, 0.3) is 5.91 Å². The van der Waals surface area contributed by atoms with E-state index >= 15 is 0 Å². The van der Waals surface area contributed by atoms with Crippen molar-refractivity contribution in [3.63, 3.8) is 0 Å². The summed E-state index contributed by atoms with van der Waals surface area (Å²) in [5.74, 6) is 4.86. The molecule has 102 valence electrons. The Balaban J connectivity index is 1.93. The first kappa shape index (κ1) is 14.5. The number of rotatable bonds is 5. The van der Waals surface area contributed by atoms with Crippen LogP contribution in [0.4, 0.5) is 0 Å². The normalized spacial score (nSPS) is 10.9. The second-order valence-electron chi connectivity index (χ2n) is 4.12. The first-order chi connectivity index (χ1) is 9.08. The van der Waals surface area contributed by atoms with Gasteiger partial charge in [0, 0.05) is 22.8 Å². The minimum atomic E-state index is -0.246. The Kier molecular flexibility index (Phi) is 4.95. The molecule has 0 saturated heterocycles. The standard InChI is InChI=1S/C12H14ClN3OS2/c1-16(7-9-3-5-11(13)19-9)6-8-2-4-10(18-8)12(17)15-14/h2-5H,6-7,14H2,1H3,(H,15,17). The van der Waals surface area contributed by atoms with Gasteiger partial charge in [0.2, 0.25) is 0 Å². The lowest BCUT2D eigenvalue weighted by Gasteiger charge is -2.14. The molecule has 1 amide bonds. The van der Waals surface area contributed by atoms with Crippen molar-refractivity contribution in [2.45, 2.75) is 13.1 Å². The van der Waals surface area contributed by atoms with Gasteiger partial charge in [0.1, 0.15) is 0 Å². The average molecular weight is 316 g/mol. The van der Waals surface area contributed by atoms with Crippen LogP contribution in [0.1, 0.15) is 19.4 Å². The van der Waals surface area contributed by atoms with E-state index in [-0.39, 0.29) is 5.91 Å². The smallest absolute Gasteiger partial charge is 0.275 e. The average Bonchev–Trinajstić information content (AvgIpc) is 2.98. The number of thiophene rings is 2. The van der Waals surface area contributed by atoms with Crippen molar-refractivity contribution >= 4 is 40.2 Å². The molecular formula is C12H14ClN3OS2. The summed E-state index contributed by atoms with van der Waals surface area (Å²) in [5.41, 5.74) is 2.14. The van der Waals surface area contributed by atoms with Gasteiger partial charge in [-0.05, 0) is 31.3 Å². The van der Waals surface area contributed by atoms with Crippen molar-refractivity contribution < 1.29 is 4.79 Å². The number of hydrogen-bond acceptors (Lipinski definition) is 5. The fourth-order valence-corrected chi connectivity index (χ4v) is 3.84. The molecule has 0 spiro atoms. The number of carbonyl (C=O) groups is 1. The minimum absolute atomic E-state index is 0.246. The number of nitrogens with one attached hydrogen (secondary N) is 1. The molecule has 0 radical (unpaired) electrons. The fourth-order valence-electron chi connectivity index (χ4n) is 1.68. The number of hydrazine groups is 1. The number of hydrogen-bond donors (Lipinski definition) is 2. The molecule has 19 heavy (non-hydrogen) atoms. The highest BCUT2D eigenvalue weighted by Crippen LogP contribution is 2.24. The maximum absolute atomic E-state index is 11.4. The van der Waals surface area contributed by atoms with Gasteiger partial charge in [0.05, 0.1) is 9.21 Å². The van der Waals surface area contributed by atoms with Crippen LogP contribution >= 0.6 is 34.3 Å². The summed E-state index contributed by atoms with van der Waals surface area (Å²) in [6.45, 7) is 1.63. The Morgan fingerprint density at radius 1 is 1.26 bits per heavy atom. The zero-order valence-corrected chi connectivity index (χ0v) is 12.7. The van der Waals surface area contributed by atoms with E-state index in [4.69, 9.17) is 17.4 Å². The lowest BCUT2D eigenvalue weighted by molar-refractivity contribution is 0.0957. The summed E-state index contributed by atoms with van der Waals surface area (Å²) in [7, 11) is 2.04. The molecule has 0 atom stereocenters. The predicted molar refractivity (Wildman–Crippen MR) is 80.5 cm³/mol. The number of amides is 1. The maximum atomic E-state index is 11.4. The van der Waals surface area contributed by atoms with Gasteiger partial charge in [-0.3, -0.25) is 15.1 Å². The van der Waals surface area contributed by atoms with Gasteiger partial charge in [-0.15, -0.1) is 22.7 Å². The number of carbonyl (C=O) groups excluding carboxylic acids is 1. The summed E-state index contributed by atoms with van der Waals surface area (Å²) in [4.78, 5) is 16.5. The molecule has 0 saturated carbocycles. The number of nitrogens with zero attached hydrogens (tertiary/aromatic N) is 1. The topological polar surface area (TPSA) is 58.4 Å². The molecule has 7 heteroatoms. The molecule has 0 aliphatic rings.